The monoisotopic (exact) mass is 210 g/mol. The van der Waals surface area contributed by atoms with Crippen LogP contribution in [0.25, 0.3) is 0 Å². The van der Waals surface area contributed by atoms with Crippen LogP contribution in [0.1, 0.15) is 41.0 Å². The predicted molar refractivity (Wildman–Crippen MR) is 73.1 cm³/mol. The minimum absolute atomic E-state index is 0.762. The Morgan fingerprint density at radius 1 is 1.27 bits per heavy atom. The molecule has 2 N–H and O–H groups in total. The number of allylic oxidation sites excluding steroid dienone is 2. The molecule has 2 nitrogen and oxygen atoms in total. The normalized spacial score (nSPS) is 10.2. The highest BCUT2D eigenvalue weighted by Crippen LogP contribution is 1.95. The Balaban J connectivity index is -0.000000245. The molecule has 88 valence electrons. The summed E-state index contributed by atoms with van der Waals surface area (Å²) in [5.74, 6) is 0. The lowest BCUT2D eigenvalue weighted by molar-refractivity contribution is 1.09. The number of aliphatic imine (C=N–C) groups is 1. The summed E-state index contributed by atoms with van der Waals surface area (Å²) in [6.45, 7) is 17.2. The Morgan fingerprint density at radius 2 is 1.67 bits per heavy atom. The smallest absolute Gasteiger partial charge is 0.0666 e. The van der Waals surface area contributed by atoms with Crippen molar-refractivity contribution in [3.8, 4) is 0 Å². The molecule has 0 aromatic carbocycles. The number of hydrogen-bond donors (Lipinski definition) is 1. The molecule has 0 saturated carbocycles. The van der Waals surface area contributed by atoms with Crippen LogP contribution in [0.5, 0.6) is 0 Å². The molecule has 0 atom stereocenters. The van der Waals surface area contributed by atoms with Gasteiger partial charge in [0.15, 0.2) is 0 Å². The summed E-state index contributed by atoms with van der Waals surface area (Å²) >= 11 is 0. The van der Waals surface area contributed by atoms with Crippen molar-refractivity contribution in [1.82, 2.24) is 0 Å². The van der Waals surface area contributed by atoms with E-state index in [1.54, 1.807) is 6.08 Å². The Morgan fingerprint density at radius 3 is 1.87 bits per heavy atom. The largest absolute Gasteiger partial charge is 0.404 e. The lowest BCUT2D eigenvalue weighted by Crippen LogP contribution is -1.97. The van der Waals surface area contributed by atoms with E-state index < -0.39 is 0 Å². The Labute approximate surface area is 95.3 Å². The van der Waals surface area contributed by atoms with Crippen LogP contribution < -0.4 is 5.73 Å². The Hall–Kier alpha value is -1.31. The van der Waals surface area contributed by atoms with E-state index in [0.717, 1.165) is 11.3 Å². The fourth-order valence-corrected chi connectivity index (χ4v) is 0.499. The molecule has 0 radical (unpaired) electrons. The Bertz CT molecular complexity index is 201. The van der Waals surface area contributed by atoms with Crippen molar-refractivity contribution < 1.29 is 0 Å². The van der Waals surface area contributed by atoms with E-state index in [9.17, 15) is 0 Å². The third-order valence-electron chi connectivity index (χ3n) is 1.08. The molecule has 0 unspecified atom stereocenters. The van der Waals surface area contributed by atoms with Crippen molar-refractivity contribution in [3.05, 3.63) is 37.2 Å². The van der Waals surface area contributed by atoms with Gasteiger partial charge < -0.3 is 5.73 Å². The maximum absolute atomic E-state index is 5.25. The average molecular weight is 210 g/mol. The minimum atomic E-state index is 0.762. The van der Waals surface area contributed by atoms with Gasteiger partial charge in [0.05, 0.1) is 5.71 Å². The van der Waals surface area contributed by atoms with Crippen LogP contribution in [0.3, 0.4) is 0 Å². The van der Waals surface area contributed by atoms with Gasteiger partial charge in [-0.3, -0.25) is 4.99 Å². The van der Waals surface area contributed by atoms with Crippen LogP contribution in [0.4, 0.5) is 0 Å². The second-order valence-corrected chi connectivity index (χ2v) is 2.46. The summed E-state index contributed by atoms with van der Waals surface area (Å²) in [5, 5.41) is 0. The molecular formula is C13H26N2. The summed E-state index contributed by atoms with van der Waals surface area (Å²) < 4.78 is 0. The zero-order chi connectivity index (χ0) is 12.7. The van der Waals surface area contributed by atoms with Gasteiger partial charge >= 0.3 is 0 Å². The molecule has 0 bridgehead atoms. The van der Waals surface area contributed by atoms with Crippen LogP contribution >= 0.6 is 0 Å². The van der Waals surface area contributed by atoms with E-state index in [-0.39, 0.29) is 0 Å². The van der Waals surface area contributed by atoms with Gasteiger partial charge in [-0.05, 0) is 24.8 Å². The van der Waals surface area contributed by atoms with Crippen LogP contribution in [-0.2, 0) is 0 Å². The topological polar surface area (TPSA) is 38.4 Å². The first-order chi connectivity index (χ1) is 7.17. The zero-order valence-corrected chi connectivity index (χ0v) is 10.9. The quantitative estimate of drug-likeness (QED) is 0.701. The van der Waals surface area contributed by atoms with Gasteiger partial charge in [-0.1, -0.05) is 47.3 Å². The first-order valence-electron chi connectivity index (χ1n) is 5.37. The van der Waals surface area contributed by atoms with Crippen LogP contribution in [0.2, 0.25) is 0 Å². The second-order valence-electron chi connectivity index (χ2n) is 2.46. The van der Waals surface area contributed by atoms with Crippen molar-refractivity contribution in [1.29, 1.82) is 0 Å². The number of rotatable bonds is 3. The van der Waals surface area contributed by atoms with Gasteiger partial charge in [0.1, 0.15) is 0 Å². The van der Waals surface area contributed by atoms with Gasteiger partial charge in [0.25, 0.3) is 0 Å². The molecule has 0 rings (SSSR count). The standard InChI is InChI=1S/C8H12N2.C3H8.C2H6/c1-4-8(10-5-2)7(3)6-9;1-3-2;1-2/h4-6H,1-2,9H2,3H3;3H2,1-2H3;1-2H3/b7-6-,10-8?;;. The lowest BCUT2D eigenvalue weighted by Gasteiger charge is -1.95. The molecule has 0 heterocycles. The van der Waals surface area contributed by atoms with Crippen LogP contribution in [0, 0.1) is 0 Å². The molecule has 0 fully saturated rings. The van der Waals surface area contributed by atoms with E-state index in [1.807, 2.05) is 20.8 Å². The van der Waals surface area contributed by atoms with E-state index in [2.05, 4.69) is 32.0 Å². The predicted octanol–water partition coefficient (Wildman–Crippen LogP) is 4.06. The molecule has 15 heavy (non-hydrogen) atoms. The van der Waals surface area contributed by atoms with Crippen molar-refractivity contribution in [2.75, 3.05) is 0 Å². The first kappa shape index (κ1) is 19.3. The zero-order valence-electron chi connectivity index (χ0n) is 10.9. The third-order valence-corrected chi connectivity index (χ3v) is 1.08. The molecule has 0 spiro atoms. The van der Waals surface area contributed by atoms with Gasteiger partial charge in [-0.25, -0.2) is 0 Å². The van der Waals surface area contributed by atoms with Crippen molar-refractivity contribution in [2.45, 2.75) is 41.0 Å². The summed E-state index contributed by atoms with van der Waals surface area (Å²) in [7, 11) is 0. The molecule has 0 aliphatic carbocycles. The van der Waals surface area contributed by atoms with Crippen LogP contribution in [-0.4, -0.2) is 5.71 Å². The van der Waals surface area contributed by atoms with Crippen molar-refractivity contribution >= 4 is 5.71 Å². The van der Waals surface area contributed by atoms with E-state index in [0.29, 0.717) is 0 Å². The SMILES string of the molecule is C=CN=C(C=C)/C(C)=C\N.CC.CCC. The molecule has 0 aromatic rings. The molecule has 0 aliphatic heterocycles. The van der Waals surface area contributed by atoms with Gasteiger partial charge in [-0.15, -0.1) is 0 Å². The summed E-state index contributed by atoms with van der Waals surface area (Å²) in [6.07, 6.45) is 5.84. The van der Waals surface area contributed by atoms with E-state index >= 15 is 0 Å². The van der Waals surface area contributed by atoms with Gasteiger partial charge in [0.2, 0.25) is 0 Å². The fourth-order valence-electron chi connectivity index (χ4n) is 0.499. The molecule has 0 aliphatic rings. The highest BCUT2D eigenvalue weighted by Gasteiger charge is 1.91. The van der Waals surface area contributed by atoms with E-state index in [4.69, 9.17) is 5.73 Å². The maximum atomic E-state index is 5.25. The average Bonchev–Trinajstić information content (AvgIpc) is 2.28. The lowest BCUT2D eigenvalue weighted by atomic mass is 10.2. The second kappa shape index (κ2) is 18.5. The van der Waals surface area contributed by atoms with Crippen molar-refractivity contribution in [2.24, 2.45) is 10.7 Å². The third kappa shape index (κ3) is 15.4. The summed E-state index contributed by atoms with van der Waals surface area (Å²) in [5.41, 5.74) is 6.91. The highest BCUT2D eigenvalue weighted by atomic mass is 14.7. The van der Waals surface area contributed by atoms with E-state index in [1.165, 1.54) is 18.8 Å². The Kier molecular flexibility index (Phi) is 23.8. The minimum Gasteiger partial charge on any atom is -0.404 e. The molecule has 0 aromatic heterocycles. The summed E-state index contributed by atoms with van der Waals surface area (Å²) in [4.78, 5) is 3.93. The number of nitrogens with two attached hydrogens (primary N) is 1. The fraction of sp³-hybridized carbons (Fsp3) is 0.462. The first-order valence-corrected chi connectivity index (χ1v) is 5.37. The molecule has 0 saturated heterocycles. The molecule has 0 amide bonds. The van der Waals surface area contributed by atoms with Crippen LogP contribution in [0.15, 0.2) is 42.2 Å². The maximum Gasteiger partial charge on any atom is 0.0666 e. The highest BCUT2D eigenvalue weighted by molar-refractivity contribution is 6.07. The number of nitrogens with zero attached hydrogens (tertiary/aromatic N) is 1. The number of hydrogen-bond acceptors (Lipinski definition) is 2. The molecule has 2 heteroatoms. The van der Waals surface area contributed by atoms with Gasteiger partial charge in [-0.2, -0.15) is 0 Å². The summed E-state index contributed by atoms with van der Waals surface area (Å²) in [6, 6.07) is 0. The molecular weight excluding hydrogens is 184 g/mol. The van der Waals surface area contributed by atoms with Gasteiger partial charge in [0, 0.05) is 6.20 Å². The van der Waals surface area contributed by atoms with Crippen molar-refractivity contribution in [3.63, 3.8) is 0 Å².